The van der Waals surface area contributed by atoms with E-state index in [2.05, 4.69) is 79.6 Å². The Morgan fingerprint density at radius 3 is 2.66 bits per heavy atom. The van der Waals surface area contributed by atoms with E-state index >= 15 is 0 Å². The van der Waals surface area contributed by atoms with Gasteiger partial charge in [-0.3, -0.25) is 4.90 Å². The SMILES string of the molecule is CN(C/C=C/C#CC(C)(C)C)Cc1ccc(O)c(OCc2cccc(-c3ccsc3)c2)c1. The molecule has 32 heavy (non-hydrogen) atoms. The first-order chi connectivity index (χ1) is 15.3. The van der Waals surface area contributed by atoms with Gasteiger partial charge >= 0.3 is 0 Å². The summed E-state index contributed by atoms with van der Waals surface area (Å²) in [5, 5.41) is 14.5. The lowest BCUT2D eigenvalue weighted by molar-refractivity contribution is 0.287. The lowest BCUT2D eigenvalue weighted by Gasteiger charge is -2.16. The number of ether oxygens (including phenoxy) is 1. The Morgan fingerprint density at radius 1 is 1.06 bits per heavy atom. The van der Waals surface area contributed by atoms with Gasteiger partial charge in [0.2, 0.25) is 0 Å². The van der Waals surface area contributed by atoms with Gasteiger partial charge in [-0.15, -0.1) is 0 Å². The third-order valence-electron chi connectivity index (χ3n) is 4.72. The molecule has 0 amide bonds. The summed E-state index contributed by atoms with van der Waals surface area (Å²) in [7, 11) is 2.06. The molecule has 1 heterocycles. The van der Waals surface area contributed by atoms with Crippen molar-refractivity contribution in [2.45, 2.75) is 33.9 Å². The highest BCUT2D eigenvalue weighted by Crippen LogP contribution is 2.29. The number of phenols is 1. The minimum absolute atomic E-state index is 0.0178. The summed E-state index contributed by atoms with van der Waals surface area (Å²) >= 11 is 1.69. The molecule has 0 saturated carbocycles. The zero-order chi connectivity index (χ0) is 23.0. The van der Waals surface area contributed by atoms with Crippen LogP contribution in [0.2, 0.25) is 0 Å². The molecule has 2 aromatic carbocycles. The van der Waals surface area contributed by atoms with E-state index < -0.39 is 0 Å². The van der Waals surface area contributed by atoms with E-state index in [-0.39, 0.29) is 11.2 Å². The molecule has 0 aliphatic heterocycles. The fourth-order valence-electron chi connectivity index (χ4n) is 3.13. The lowest BCUT2D eigenvalue weighted by atomic mass is 9.98. The Labute approximate surface area is 196 Å². The number of aromatic hydroxyl groups is 1. The van der Waals surface area contributed by atoms with Crippen molar-refractivity contribution in [2.24, 2.45) is 5.41 Å². The van der Waals surface area contributed by atoms with Gasteiger partial charge in [-0.25, -0.2) is 0 Å². The average molecular weight is 446 g/mol. The first kappa shape index (κ1) is 23.7. The van der Waals surface area contributed by atoms with Crippen LogP contribution in [0, 0.1) is 17.3 Å². The normalized spacial score (nSPS) is 11.5. The minimum atomic E-state index is 0.0178. The minimum Gasteiger partial charge on any atom is -0.504 e. The summed E-state index contributed by atoms with van der Waals surface area (Å²) in [6.07, 6.45) is 3.98. The quantitative estimate of drug-likeness (QED) is 0.390. The van der Waals surface area contributed by atoms with Crippen LogP contribution in [-0.2, 0) is 13.2 Å². The van der Waals surface area contributed by atoms with Crippen molar-refractivity contribution in [1.82, 2.24) is 4.90 Å². The van der Waals surface area contributed by atoms with E-state index in [9.17, 15) is 5.11 Å². The third kappa shape index (κ3) is 7.60. The van der Waals surface area contributed by atoms with E-state index in [0.29, 0.717) is 12.4 Å². The molecule has 3 aromatic rings. The monoisotopic (exact) mass is 445 g/mol. The predicted octanol–water partition coefficient (Wildman–Crippen LogP) is 6.74. The summed E-state index contributed by atoms with van der Waals surface area (Å²) in [6, 6.07) is 16.0. The van der Waals surface area contributed by atoms with Gasteiger partial charge in [-0.05, 0) is 91.2 Å². The second kappa shape index (κ2) is 11.0. The fourth-order valence-corrected chi connectivity index (χ4v) is 3.79. The molecule has 0 fully saturated rings. The maximum atomic E-state index is 10.3. The maximum Gasteiger partial charge on any atom is 0.161 e. The van der Waals surface area contributed by atoms with Crippen molar-refractivity contribution in [3.63, 3.8) is 0 Å². The Hall–Kier alpha value is -3.00. The predicted molar refractivity (Wildman–Crippen MR) is 135 cm³/mol. The van der Waals surface area contributed by atoms with Crippen LogP contribution >= 0.6 is 11.3 Å². The summed E-state index contributed by atoms with van der Waals surface area (Å²) in [4.78, 5) is 2.19. The molecule has 0 spiro atoms. The topological polar surface area (TPSA) is 32.7 Å². The fraction of sp³-hybridized carbons (Fsp3) is 0.286. The lowest BCUT2D eigenvalue weighted by Crippen LogP contribution is -2.17. The highest BCUT2D eigenvalue weighted by Gasteiger charge is 2.08. The van der Waals surface area contributed by atoms with Crippen LogP contribution in [0.15, 0.2) is 71.4 Å². The standard InChI is InChI=1S/C28H31NO2S/c1-28(2,3)14-6-5-7-15-29(4)19-22-11-12-26(30)27(18-22)31-20-23-9-8-10-24(17-23)25-13-16-32-21-25/h5,7-13,16-18,21,30H,15,19-20H2,1-4H3/b7-5+. The van der Waals surface area contributed by atoms with Gasteiger partial charge in [0.15, 0.2) is 11.5 Å². The second-order valence-electron chi connectivity index (χ2n) is 8.92. The number of phenolic OH excluding ortho intramolecular Hbond substituents is 1. The number of allylic oxidation sites excluding steroid dienone is 1. The second-order valence-corrected chi connectivity index (χ2v) is 9.70. The molecule has 3 nitrogen and oxygen atoms in total. The number of likely N-dealkylation sites (N-methyl/N-ethyl adjacent to an activating group) is 1. The van der Waals surface area contributed by atoms with Gasteiger partial charge in [0.25, 0.3) is 0 Å². The van der Waals surface area contributed by atoms with Gasteiger partial charge in [0.1, 0.15) is 6.61 Å². The number of nitrogens with zero attached hydrogens (tertiary/aromatic N) is 1. The molecular weight excluding hydrogens is 414 g/mol. The number of thiophene rings is 1. The van der Waals surface area contributed by atoms with Crippen molar-refractivity contribution in [3.05, 3.63) is 82.6 Å². The van der Waals surface area contributed by atoms with Gasteiger partial charge in [-0.2, -0.15) is 11.3 Å². The van der Waals surface area contributed by atoms with E-state index in [0.717, 1.165) is 24.2 Å². The Kier molecular flexibility index (Phi) is 8.16. The third-order valence-corrected chi connectivity index (χ3v) is 5.40. The average Bonchev–Trinajstić information content (AvgIpc) is 3.28. The largest absolute Gasteiger partial charge is 0.504 e. The molecule has 0 aliphatic carbocycles. The van der Waals surface area contributed by atoms with Gasteiger partial charge in [-0.1, -0.05) is 42.2 Å². The number of rotatable bonds is 8. The molecule has 0 unspecified atom stereocenters. The van der Waals surface area contributed by atoms with E-state index in [1.807, 2.05) is 30.3 Å². The van der Waals surface area contributed by atoms with Crippen LogP contribution in [0.25, 0.3) is 11.1 Å². The van der Waals surface area contributed by atoms with Crippen molar-refractivity contribution >= 4 is 11.3 Å². The number of benzene rings is 2. The first-order valence-corrected chi connectivity index (χ1v) is 11.7. The molecule has 0 atom stereocenters. The van der Waals surface area contributed by atoms with Gasteiger partial charge in [0, 0.05) is 18.5 Å². The summed E-state index contributed by atoms with van der Waals surface area (Å²) < 4.78 is 5.96. The highest BCUT2D eigenvalue weighted by molar-refractivity contribution is 7.08. The van der Waals surface area contributed by atoms with E-state index in [1.165, 1.54) is 11.1 Å². The molecule has 4 heteroatoms. The zero-order valence-electron chi connectivity index (χ0n) is 19.3. The molecule has 0 saturated heterocycles. The highest BCUT2D eigenvalue weighted by atomic mass is 32.1. The smallest absolute Gasteiger partial charge is 0.161 e. The van der Waals surface area contributed by atoms with Crippen LogP contribution in [0.4, 0.5) is 0 Å². The summed E-state index contributed by atoms with van der Waals surface area (Å²) in [5.41, 5.74) is 4.55. The van der Waals surface area contributed by atoms with Crippen molar-refractivity contribution in [1.29, 1.82) is 0 Å². The number of hydrogen-bond donors (Lipinski definition) is 1. The molecule has 0 bridgehead atoms. The van der Waals surface area contributed by atoms with E-state index in [4.69, 9.17) is 4.74 Å². The molecule has 1 N–H and O–H groups in total. The molecule has 3 rings (SSSR count). The van der Waals surface area contributed by atoms with Gasteiger partial charge in [0.05, 0.1) is 0 Å². The van der Waals surface area contributed by atoms with Crippen molar-refractivity contribution < 1.29 is 9.84 Å². The summed E-state index contributed by atoms with van der Waals surface area (Å²) in [6.45, 7) is 8.26. The van der Waals surface area contributed by atoms with Crippen molar-refractivity contribution in [3.8, 4) is 34.5 Å². The number of hydrogen-bond acceptors (Lipinski definition) is 4. The van der Waals surface area contributed by atoms with E-state index in [1.54, 1.807) is 17.4 Å². The van der Waals surface area contributed by atoms with Crippen LogP contribution < -0.4 is 4.74 Å². The summed E-state index contributed by atoms with van der Waals surface area (Å²) in [5.74, 6) is 6.95. The molecular formula is C28H31NO2S. The Morgan fingerprint density at radius 2 is 1.91 bits per heavy atom. The first-order valence-electron chi connectivity index (χ1n) is 10.7. The Bertz CT molecular complexity index is 1100. The van der Waals surface area contributed by atoms with Gasteiger partial charge < -0.3 is 9.84 Å². The van der Waals surface area contributed by atoms with Crippen LogP contribution in [0.1, 0.15) is 31.9 Å². The zero-order valence-corrected chi connectivity index (χ0v) is 20.1. The van der Waals surface area contributed by atoms with Crippen LogP contribution in [0.3, 0.4) is 0 Å². The van der Waals surface area contributed by atoms with Crippen molar-refractivity contribution in [2.75, 3.05) is 13.6 Å². The maximum absolute atomic E-state index is 10.3. The van der Waals surface area contributed by atoms with Crippen LogP contribution in [-0.4, -0.2) is 23.6 Å². The molecule has 0 aliphatic rings. The Balaban J connectivity index is 1.58. The molecule has 1 aromatic heterocycles. The molecule has 0 radical (unpaired) electrons. The van der Waals surface area contributed by atoms with Crippen LogP contribution in [0.5, 0.6) is 11.5 Å². The molecule has 166 valence electrons.